The van der Waals surface area contributed by atoms with E-state index in [1.54, 1.807) is 6.07 Å². The molecule has 1 aromatic rings. The molecule has 7 heteroatoms. The van der Waals surface area contributed by atoms with Crippen molar-refractivity contribution in [1.29, 1.82) is 0 Å². The molecule has 2 aliphatic rings. The molecule has 0 saturated carbocycles. The molecule has 0 aliphatic carbocycles. The Balaban J connectivity index is 2.10. The highest BCUT2D eigenvalue weighted by atomic mass is 35.5. The lowest BCUT2D eigenvalue weighted by atomic mass is 10.0. The van der Waals surface area contributed by atoms with Crippen molar-refractivity contribution in [2.45, 2.75) is 6.04 Å². The van der Waals surface area contributed by atoms with E-state index in [2.05, 4.69) is 9.98 Å². The Morgan fingerprint density at radius 3 is 3.22 bits per heavy atom. The molecule has 1 atom stereocenters. The third kappa shape index (κ3) is 1.74. The van der Waals surface area contributed by atoms with Gasteiger partial charge in [0.1, 0.15) is 5.69 Å². The van der Waals surface area contributed by atoms with Crippen LogP contribution < -0.4 is 5.73 Å². The third-order valence-electron chi connectivity index (χ3n) is 3.13. The van der Waals surface area contributed by atoms with Crippen molar-refractivity contribution in [2.24, 2.45) is 10.7 Å². The molecule has 3 heterocycles. The molecule has 0 bridgehead atoms. The van der Waals surface area contributed by atoms with Gasteiger partial charge < -0.3 is 15.4 Å². The SMILES string of the molecule is NC1=Nc2cnc(C(=O)Cl)cc2[C@H]2COCCN12. The summed E-state index contributed by atoms with van der Waals surface area (Å²) in [6, 6.07) is 1.64. The topological polar surface area (TPSA) is 80.8 Å². The Bertz CT molecular complexity index is 546. The van der Waals surface area contributed by atoms with Crippen molar-refractivity contribution < 1.29 is 9.53 Å². The molecule has 3 rings (SSSR count). The number of carbonyl (C=O) groups excluding carboxylic acids is 1. The zero-order valence-electron chi connectivity index (χ0n) is 9.47. The highest BCUT2D eigenvalue weighted by Gasteiger charge is 2.32. The maximum Gasteiger partial charge on any atom is 0.270 e. The Morgan fingerprint density at radius 2 is 2.44 bits per heavy atom. The van der Waals surface area contributed by atoms with Gasteiger partial charge in [0.15, 0.2) is 5.96 Å². The van der Waals surface area contributed by atoms with Gasteiger partial charge in [0, 0.05) is 12.1 Å². The van der Waals surface area contributed by atoms with Crippen molar-refractivity contribution in [3.05, 3.63) is 23.5 Å². The van der Waals surface area contributed by atoms with Crippen LogP contribution in [0.4, 0.5) is 5.69 Å². The number of ether oxygens (including phenoxy) is 1. The largest absolute Gasteiger partial charge is 0.377 e. The number of rotatable bonds is 1. The standard InChI is InChI=1S/C11H11ClN4O2/c12-10(17)7-3-6-8(4-14-7)15-11(13)16-1-2-18-5-9(6)16/h3-4,9H,1-2,5H2,(H2,13,15)/t9-/m1/s1. The van der Waals surface area contributed by atoms with Crippen molar-refractivity contribution in [1.82, 2.24) is 9.88 Å². The second-order valence-electron chi connectivity index (χ2n) is 4.16. The molecule has 2 aliphatic heterocycles. The minimum absolute atomic E-state index is 0.0241. The summed E-state index contributed by atoms with van der Waals surface area (Å²) in [6.07, 6.45) is 1.52. The van der Waals surface area contributed by atoms with Gasteiger partial charge in [0.25, 0.3) is 5.24 Å². The molecule has 0 aromatic carbocycles. The number of morpholine rings is 1. The van der Waals surface area contributed by atoms with Gasteiger partial charge in [0.05, 0.1) is 31.1 Å². The van der Waals surface area contributed by atoms with Crippen molar-refractivity contribution in [2.75, 3.05) is 19.8 Å². The highest BCUT2D eigenvalue weighted by Crippen LogP contribution is 2.35. The molecular formula is C11H11ClN4O2. The van der Waals surface area contributed by atoms with Crippen LogP contribution in [0, 0.1) is 0 Å². The number of aromatic nitrogens is 1. The van der Waals surface area contributed by atoms with E-state index in [0.717, 1.165) is 5.56 Å². The summed E-state index contributed by atoms with van der Waals surface area (Å²) < 4.78 is 5.45. The number of hydrogen-bond acceptors (Lipinski definition) is 6. The average Bonchev–Trinajstić information content (AvgIpc) is 2.38. The highest BCUT2D eigenvalue weighted by molar-refractivity contribution is 6.67. The number of halogens is 1. The molecule has 18 heavy (non-hydrogen) atoms. The Morgan fingerprint density at radius 1 is 1.61 bits per heavy atom. The van der Waals surface area contributed by atoms with E-state index in [1.165, 1.54) is 6.20 Å². The van der Waals surface area contributed by atoms with Gasteiger partial charge in [-0.2, -0.15) is 0 Å². The molecule has 2 N–H and O–H groups in total. The Kier molecular flexibility index (Phi) is 2.68. The summed E-state index contributed by atoms with van der Waals surface area (Å²) in [7, 11) is 0. The van der Waals surface area contributed by atoms with Crippen LogP contribution in [-0.4, -0.2) is 40.8 Å². The van der Waals surface area contributed by atoms with E-state index < -0.39 is 5.24 Å². The first-order chi connectivity index (χ1) is 8.66. The van der Waals surface area contributed by atoms with E-state index in [0.29, 0.717) is 31.4 Å². The number of aliphatic imine (C=N–C) groups is 1. The number of guanidine groups is 1. The zero-order chi connectivity index (χ0) is 12.7. The summed E-state index contributed by atoms with van der Waals surface area (Å²) >= 11 is 5.44. The van der Waals surface area contributed by atoms with Crippen molar-refractivity contribution in [3.63, 3.8) is 0 Å². The van der Waals surface area contributed by atoms with E-state index in [-0.39, 0.29) is 11.7 Å². The number of pyridine rings is 1. The van der Waals surface area contributed by atoms with Crippen molar-refractivity contribution in [3.8, 4) is 0 Å². The van der Waals surface area contributed by atoms with Gasteiger partial charge in [0.2, 0.25) is 0 Å². The van der Waals surface area contributed by atoms with E-state index in [9.17, 15) is 4.79 Å². The average molecular weight is 267 g/mol. The summed E-state index contributed by atoms with van der Waals surface area (Å²) in [5.41, 5.74) is 7.67. The van der Waals surface area contributed by atoms with Crippen LogP contribution in [0.15, 0.2) is 17.3 Å². The lowest BCUT2D eigenvalue weighted by Gasteiger charge is -2.39. The van der Waals surface area contributed by atoms with Crippen LogP contribution in [0.5, 0.6) is 0 Å². The van der Waals surface area contributed by atoms with Crippen LogP contribution in [0.2, 0.25) is 0 Å². The third-order valence-corrected chi connectivity index (χ3v) is 3.33. The van der Waals surface area contributed by atoms with Gasteiger partial charge in [-0.3, -0.25) is 4.79 Å². The summed E-state index contributed by atoms with van der Waals surface area (Å²) in [5, 5.41) is -0.580. The minimum atomic E-state index is -0.580. The molecule has 94 valence electrons. The zero-order valence-corrected chi connectivity index (χ0v) is 10.2. The molecule has 1 fully saturated rings. The van der Waals surface area contributed by atoms with E-state index in [1.807, 2.05) is 4.90 Å². The fourth-order valence-corrected chi connectivity index (χ4v) is 2.36. The van der Waals surface area contributed by atoms with Crippen molar-refractivity contribution >= 4 is 28.5 Å². The maximum atomic E-state index is 11.2. The molecule has 1 aromatic heterocycles. The fourth-order valence-electron chi connectivity index (χ4n) is 2.25. The number of nitrogens with zero attached hydrogens (tertiary/aromatic N) is 3. The molecule has 6 nitrogen and oxygen atoms in total. The van der Waals surface area contributed by atoms with Gasteiger partial charge in [-0.1, -0.05) is 0 Å². The first-order valence-corrected chi connectivity index (χ1v) is 5.93. The number of nitrogens with two attached hydrogens (primary N) is 1. The van der Waals surface area contributed by atoms with E-state index >= 15 is 0 Å². The van der Waals surface area contributed by atoms with Crippen LogP contribution in [-0.2, 0) is 4.74 Å². The first-order valence-electron chi connectivity index (χ1n) is 5.55. The van der Waals surface area contributed by atoms with Gasteiger partial charge in [-0.15, -0.1) is 0 Å². The second-order valence-corrected chi connectivity index (χ2v) is 4.50. The fraction of sp³-hybridized carbons (Fsp3) is 0.364. The van der Waals surface area contributed by atoms with Crippen LogP contribution in [0.1, 0.15) is 22.1 Å². The normalized spacial score (nSPS) is 21.9. The lowest BCUT2D eigenvalue weighted by Crippen LogP contribution is -2.48. The van der Waals surface area contributed by atoms with Gasteiger partial charge in [-0.25, -0.2) is 9.98 Å². The lowest BCUT2D eigenvalue weighted by molar-refractivity contribution is 0.0241. The smallest absolute Gasteiger partial charge is 0.270 e. The van der Waals surface area contributed by atoms with Crippen LogP contribution in [0.3, 0.4) is 0 Å². The summed E-state index contributed by atoms with van der Waals surface area (Å²) in [6.45, 7) is 1.82. The second kappa shape index (κ2) is 4.22. The number of carbonyl (C=O) groups is 1. The van der Waals surface area contributed by atoms with Crippen LogP contribution >= 0.6 is 11.6 Å². The van der Waals surface area contributed by atoms with Crippen LogP contribution in [0.25, 0.3) is 0 Å². The van der Waals surface area contributed by atoms with Gasteiger partial charge >= 0.3 is 0 Å². The molecule has 1 saturated heterocycles. The number of fused-ring (bicyclic) bond motifs is 3. The predicted octanol–water partition coefficient (Wildman–Crippen LogP) is 0.794. The predicted molar refractivity (Wildman–Crippen MR) is 66.0 cm³/mol. The molecular weight excluding hydrogens is 256 g/mol. The molecule has 0 amide bonds. The van der Waals surface area contributed by atoms with Gasteiger partial charge in [-0.05, 0) is 17.7 Å². The number of hydrogen-bond donors (Lipinski definition) is 1. The summed E-state index contributed by atoms with van der Waals surface area (Å²) in [4.78, 5) is 21.4. The molecule has 0 spiro atoms. The molecule has 0 radical (unpaired) electrons. The monoisotopic (exact) mass is 266 g/mol. The summed E-state index contributed by atoms with van der Waals surface area (Å²) in [5.74, 6) is 0.461. The Labute approximate surface area is 108 Å². The maximum absolute atomic E-state index is 11.2. The van der Waals surface area contributed by atoms with E-state index in [4.69, 9.17) is 22.1 Å². The minimum Gasteiger partial charge on any atom is -0.377 e. The first kappa shape index (κ1) is 11.4. The quantitative estimate of drug-likeness (QED) is 0.760. The molecule has 0 unspecified atom stereocenters. The Hall–Kier alpha value is -1.66.